The zero-order valence-electron chi connectivity index (χ0n) is 15.5. The smallest absolute Gasteiger partial charge is 0.191 e. The molecule has 0 fully saturated rings. The quantitative estimate of drug-likeness (QED) is 0.250. The van der Waals surface area contributed by atoms with Crippen LogP contribution in [0.2, 0.25) is 0 Å². The molecule has 0 radical (unpaired) electrons. The van der Waals surface area contributed by atoms with Crippen molar-refractivity contribution < 1.29 is 4.74 Å². The number of benzene rings is 1. The lowest BCUT2D eigenvalue weighted by Gasteiger charge is -2.14. The van der Waals surface area contributed by atoms with E-state index in [1.54, 1.807) is 7.11 Å². The van der Waals surface area contributed by atoms with E-state index in [0.717, 1.165) is 45.2 Å². The summed E-state index contributed by atoms with van der Waals surface area (Å²) in [5.74, 6) is 0.861. The van der Waals surface area contributed by atoms with Gasteiger partial charge in [-0.3, -0.25) is 0 Å². The van der Waals surface area contributed by atoms with Crippen molar-refractivity contribution in [1.29, 1.82) is 0 Å². The van der Waals surface area contributed by atoms with Gasteiger partial charge in [0.1, 0.15) is 0 Å². The minimum absolute atomic E-state index is 0. The Morgan fingerprint density at radius 1 is 1.21 bits per heavy atom. The van der Waals surface area contributed by atoms with Gasteiger partial charge < -0.3 is 20.3 Å². The van der Waals surface area contributed by atoms with Crippen molar-refractivity contribution in [2.24, 2.45) is 4.99 Å². The van der Waals surface area contributed by atoms with Crippen LogP contribution in [-0.2, 0) is 17.8 Å². The number of ether oxygens (including phenoxy) is 1. The first kappa shape index (κ1) is 23.1. The molecule has 24 heavy (non-hydrogen) atoms. The highest BCUT2D eigenvalue weighted by Crippen LogP contribution is 2.08. The summed E-state index contributed by atoms with van der Waals surface area (Å²) in [5, 5.41) is 6.61. The van der Waals surface area contributed by atoms with E-state index >= 15 is 0 Å². The van der Waals surface area contributed by atoms with Gasteiger partial charge in [-0.25, -0.2) is 4.99 Å². The standard InChI is InChI=1S/C18H32N4O.HI/c1-5-19-18(20-11-8-12-23-4)21-14-16-9-7-10-17(13-16)15-22(3)6-2;/h7,9-10,13H,5-6,8,11-12,14-15H2,1-4H3,(H2,19,20,21);1H. The van der Waals surface area contributed by atoms with Gasteiger partial charge in [0.2, 0.25) is 0 Å². The number of rotatable bonds is 10. The van der Waals surface area contributed by atoms with Crippen molar-refractivity contribution in [3.63, 3.8) is 0 Å². The van der Waals surface area contributed by atoms with Gasteiger partial charge in [-0.05, 0) is 38.1 Å². The summed E-state index contributed by atoms with van der Waals surface area (Å²) in [4.78, 5) is 6.96. The largest absolute Gasteiger partial charge is 0.385 e. The van der Waals surface area contributed by atoms with Gasteiger partial charge in [0.25, 0.3) is 0 Å². The van der Waals surface area contributed by atoms with Crippen LogP contribution >= 0.6 is 24.0 Å². The first-order valence-corrected chi connectivity index (χ1v) is 8.47. The van der Waals surface area contributed by atoms with Gasteiger partial charge >= 0.3 is 0 Å². The molecule has 138 valence electrons. The predicted molar refractivity (Wildman–Crippen MR) is 113 cm³/mol. The summed E-state index contributed by atoms with van der Waals surface area (Å²) >= 11 is 0. The van der Waals surface area contributed by atoms with Crippen molar-refractivity contribution in [2.75, 3.05) is 40.4 Å². The number of aliphatic imine (C=N–C) groups is 1. The normalized spacial score (nSPS) is 11.3. The Morgan fingerprint density at radius 3 is 2.62 bits per heavy atom. The molecule has 0 unspecified atom stereocenters. The molecular formula is C18H33IN4O. The van der Waals surface area contributed by atoms with Crippen molar-refractivity contribution in [1.82, 2.24) is 15.5 Å². The van der Waals surface area contributed by atoms with Crippen molar-refractivity contribution in [3.8, 4) is 0 Å². The van der Waals surface area contributed by atoms with Gasteiger partial charge in [-0.1, -0.05) is 31.2 Å². The van der Waals surface area contributed by atoms with Crippen molar-refractivity contribution >= 4 is 29.9 Å². The molecule has 6 heteroatoms. The molecule has 0 spiro atoms. The number of halogens is 1. The highest BCUT2D eigenvalue weighted by molar-refractivity contribution is 14.0. The lowest BCUT2D eigenvalue weighted by molar-refractivity contribution is 0.195. The van der Waals surface area contributed by atoms with Gasteiger partial charge in [0.15, 0.2) is 5.96 Å². The molecule has 0 aliphatic rings. The van der Waals surface area contributed by atoms with E-state index in [1.165, 1.54) is 11.1 Å². The number of nitrogens with one attached hydrogen (secondary N) is 2. The van der Waals surface area contributed by atoms with Crippen LogP contribution in [0.4, 0.5) is 0 Å². The molecule has 0 heterocycles. The summed E-state index contributed by atoms with van der Waals surface area (Å²) in [7, 11) is 3.86. The molecule has 0 atom stereocenters. The van der Waals surface area contributed by atoms with Gasteiger partial charge in [-0.15, -0.1) is 24.0 Å². The Hall–Kier alpha value is -0.860. The van der Waals surface area contributed by atoms with Gasteiger partial charge in [0.05, 0.1) is 6.54 Å². The number of hydrogen-bond donors (Lipinski definition) is 2. The Labute approximate surface area is 164 Å². The van der Waals surface area contributed by atoms with E-state index in [1.807, 2.05) is 0 Å². The second kappa shape index (κ2) is 14.5. The van der Waals surface area contributed by atoms with Crippen molar-refractivity contribution in [2.45, 2.75) is 33.4 Å². The number of methoxy groups -OCH3 is 1. The number of nitrogens with zero attached hydrogens (tertiary/aromatic N) is 2. The first-order chi connectivity index (χ1) is 11.2. The molecule has 1 aromatic rings. The van der Waals surface area contributed by atoms with Gasteiger partial charge in [0, 0.05) is 33.4 Å². The Balaban J connectivity index is 0.00000529. The molecule has 0 saturated carbocycles. The average molecular weight is 448 g/mol. The molecule has 0 saturated heterocycles. The molecule has 0 aliphatic carbocycles. The van der Waals surface area contributed by atoms with Crippen LogP contribution in [0.15, 0.2) is 29.3 Å². The summed E-state index contributed by atoms with van der Waals surface area (Å²) < 4.78 is 5.06. The Kier molecular flexibility index (Phi) is 14.0. The van der Waals surface area contributed by atoms with Crippen LogP contribution in [0.1, 0.15) is 31.4 Å². The summed E-state index contributed by atoms with van der Waals surface area (Å²) in [6.07, 6.45) is 0.972. The molecule has 0 bridgehead atoms. The Bertz CT molecular complexity index is 468. The fourth-order valence-corrected chi connectivity index (χ4v) is 2.19. The van der Waals surface area contributed by atoms with E-state index < -0.39 is 0 Å². The maximum Gasteiger partial charge on any atom is 0.191 e. The monoisotopic (exact) mass is 448 g/mol. The SMILES string of the molecule is CCNC(=NCc1cccc(CN(C)CC)c1)NCCCOC.I. The molecular weight excluding hydrogens is 415 g/mol. The molecule has 0 amide bonds. The predicted octanol–water partition coefficient (Wildman–Crippen LogP) is 2.85. The molecule has 5 nitrogen and oxygen atoms in total. The highest BCUT2D eigenvalue weighted by atomic mass is 127. The second-order valence-corrected chi connectivity index (χ2v) is 5.62. The van der Waals surface area contributed by atoms with Crippen LogP contribution < -0.4 is 10.6 Å². The topological polar surface area (TPSA) is 48.9 Å². The lowest BCUT2D eigenvalue weighted by atomic mass is 10.1. The fourth-order valence-electron chi connectivity index (χ4n) is 2.19. The van der Waals surface area contributed by atoms with Crippen molar-refractivity contribution in [3.05, 3.63) is 35.4 Å². The second-order valence-electron chi connectivity index (χ2n) is 5.62. The average Bonchev–Trinajstić information content (AvgIpc) is 2.56. The van der Waals surface area contributed by atoms with E-state index in [4.69, 9.17) is 4.74 Å². The fraction of sp³-hybridized carbons (Fsp3) is 0.611. The first-order valence-electron chi connectivity index (χ1n) is 8.47. The molecule has 1 rings (SSSR count). The zero-order chi connectivity index (χ0) is 16.9. The summed E-state index contributed by atoms with van der Waals surface area (Å²) in [5.41, 5.74) is 2.57. The molecule has 2 N–H and O–H groups in total. The third-order valence-electron chi connectivity index (χ3n) is 3.57. The van der Waals surface area contributed by atoms with E-state index in [-0.39, 0.29) is 24.0 Å². The Morgan fingerprint density at radius 2 is 1.96 bits per heavy atom. The summed E-state index contributed by atoms with van der Waals surface area (Å²) in [6, 6.07) is 8.66. The maximum absolute atomic E-state index is 5.06. The zero-order valence-corrected chi connectivity index (χ0v) is 17.8. The van der Waals surface area contributed by atoms with E-state index in [0.29, 0.717) is 6.54 Å². The molecule has 0 aliphatic heterocycles. The van der Waals surface area contributed by atoms with Crippen LogP contribution in [0, 0.1) is 0 Å². The number of guanidine groups is 1. The van der Waals surface area contributed by atoms with E-state index in [2.05, 4.69) is 65.7 Å². The summed E-state index contributed by atoms with van der Waals surface area (Å²) in [6.45, 7) is 9.45. The third kappa shape index (κ3) is 10.1. The van der Waals surface area contributed by atoms with Gasteiger partial charge in [-0.2, -0.15) is 0 Å². The van der Waals surface area contributed by atoms with Crippen LogP contribution in [-0.4, -0.2) is 51.3 Å². The van der Waals surface area contributed by atoms with Crippen LogP contribution in [0.3, 0.4) is 0 Å². The van der Waals surface area contributed by atoms with Crippen LogP contribution in [0.25, 0.3) is 0 Å². The van der Waals surface area contributed by atoms with E-state index in [9.17, 15) is 0 Å². The minimum atomic E-state index is 0. The maximum atomic E-state index is 5.06. The lowest BCUT2D eigenvalue weighted by Crippen LogP contribution is -2.38. The minimum Gasteiger partial charge on any atom is -0.385 e. The highest BCUT2D eigenvalue weighted by Gasteiger charge is 2.01. The van der Waals surface area contributed by atoms with Crippen LogP contribution in [0.5, 0.6) is 0 Å². The molecule has 1 aromatic carbocycles. The number of hydrogen-bond acceptors (Lipinski definition) is 3. The third-order valence-corrected chi connectivity index (χ3v) is 3.57. The molecule has 0 aromatic heterocycles.